The van der Waals surface area contributed by atoms with E-state index in [1.54, 1.807) is 29.7 Å². The smallest absolute Gasteiger partial charge is 0.405 e. The zero-order valence-corrected chi connectivity index (χ0v) is 16.4. The standard InChI is InChI=1S/C21H20F3N5O2/c22-21(23,24)12-26-20(30)27-16-6-2-5-14(9-16)17-11-25-18-10-15(7-8-29(17)18)19(28-31)13-3-1-4-13/h2,5-11,13,31H,1,3-4,12H2,(H2,26,27,30)/b28-19-. The maximum Gasteiger partial charge on any atom is 0.405 e. The Labute approximate surface area is 175 Å². The Morgan fingerprint density at radius 1 is 1.26 bits per heavy atom. The molecule has 1 aromatic carbocycles. The number of nitrogens with zero attached hydrogens (tertiary/aromatic N) is 3. The summed E-state index contributed by atoms with van der Waals surface area (Å²) in [5, 5.41) is 17.1. The SMILES string of the molecule is O=C(NCC(F)(F)F)Nc1cccc(-c2cnc3cc(/C(=N\O)C4CCC4)ccn23)c1. The molecule has 0 atom stereocenters. The maximum atomic E-state index is 12.2. The van der Waals surface area contributed by atoms with Crippen LogP contribution in [0.15, 0.2) is 53.9 Å². The molecule has 10 heteroatoms. The van der Waals surface area contributed by atoms with Crippen LogP contribution < -0.4 is 10.6 Å². The van der Waals surface area contributed by atoms with E-state index in [-0.39, 0.29) is 5.92 Å². The summed E-state index contributed by atoms with van der Waals surface area (Å²) in [5.74, 6) is 0.258. The van der Waals surface area contributed by atoms with E-state index in [1.165, 1.54) is 0 Å². The summed E-state index contributed by atoms with van der Waals surface area (Å²) in [4.78, 5) is 16.1. The molecule has 31 heavy (non-hydrogen) atoms. The van der Waals surface area contributed by atoms with E-state index in [4.69, 9.17) is 0 Å². The van der Waals surface area contributed by atoms with Crippen molar-refractivity contribution in [2.45, 2.75) is 25.4 Å². The number of pyridine rings is 1. The lowest BCUT2D eigenvalue weighted by molar-refractivity contribution is -0.122. The first-order valence-electron chi connectivity index (χ1n) is 9.75. The number of carbonyl (C=O) groups excluding carboxylic acids is 1. The monoisotopic (exact) mass is 431 g/mol. The Morgan fingerprint density at radius 2 is 2.06 bits per heavy atom. The lowest BCUT2D eigenvalue weighted by atomic mass is 9.79. The van der Waals surface area contributed by atoms with Gasteiger partial charge in [0.05, 0.1) is 17.6 Å². The molecule has 1 saturated carbocycles. The van der Waals surface area contributed by atoms with Crippen LogP contribution in [0, 0.1) is 5.92 Å². The van der Waals surface area contributed by atoms with Crippen LogP contribution in [0.4, 0.5) is 23.7 Å². The summed E-state index contributed by atoms with van der Waals surface area (Å²) in [6.07, 6.45) is 2.14. The van der Waals surface area contributed by atoms with Crippen molar-refractivity contribution in [1.29, 1.82) is 0 Å². The number of aromatic nitrogens is 2. The van der Waals surface area contributed by atoms with E-state index in [1.807, 2.05) is 28.8 Å². The minimum Gasteiger partial charge on any atom is -0.411 e. The second-order valence-electron chi connectivity index (χ2n) is 7.40. The number of hydrogen-bond donors (Lipinski definition) is 3. The van der Waals surface area contributed by atoms with Gasteiger partial charge in [-0.25, -0.2) is 9.78 Å². The van der Waals surface area contributed by atoms with E-state index < -0.39 is 18.8 Å². The summed E-state index contributed by atoms with van der Waals surface area (Å²) in [5.41, 5.74) is 3.96. The van der Waals surface area contributed by atoms with E-state index in [0.717, 1.165) is 36.1 Å². The molecule has 2 heterocycles. The number of hydrogen-bond acceptors (Lipinski definition) is 4. The fraction of sp³-hybridized carbons (Fsp3) is 0.286. The third kappa shape index (κ3) is 4.62. The average molecular weight is 431 g/mol. The molecule has 1 fully saturated rings. The number of amides is 2. The molecule has 3 N–H and O–H groups in total. The summed E-state index contributed by atoms with van der Waals surface area (Å²) in [6.45, 7) is -1.41. The average Bonchev–Trinajstić information content (AvgIpc) is 3.12. The number of fused-ring (bicyclic) bond motifs is 1. The summed E-state index contributed by atoms with van der Waals surface area (Å²) in [6, 6.07) is 9.51. The molecular formula is C21H20F3N5O2. The number of benzene rings is 1. The highest BCUT2D eigenvalue weighted by atomic mass is 19.4. The highest BCUT2D eigenvalue weighted by Gasteiger charge is 2.28. The number of imidazole rings is 1. The van der Waals surface area contributed by atoms with Crippen LogP contribution in [-0.2, 0) is 0 Å². The summed E-state index contributed by atoms with van der Waals surface area (Å²) < 4.78 is 38.6. The largest absolute Gasteiger partial charge is 0.411 e. The van der Waals surface area contributed by atoms with Crippen molar-refractivity contribution in [3.05, 3.63) is 54.4 Å². The number of oxime groups is 1. The van der Waals surface area contributed by atoms with Gasteiger partial charge in [-0.1, -0.05) is 23.7 Å². The third-order valence-corrected chi connectivity index (χ3v) is 5.27. The van der Waals surface area contributed by atoms with Gasteiger partial charge in [-0.2, -0.15) is 13.2 Å². The fourth-order valence-electron chi connectivity index (χ4n) is 3.52. The number of urea groups is 1. The van der Waals surface area contributed by atoms with Crippen LogP contribution in [0.5, 0.6) is 0 Å². The minimum absolute atomic E-state index is 0.258. The van der Waals surface area contributed by atoms with Crippen LogP contribution in [0.25, 0.3) is 16.9 Å². The van der Waals surface area contributed by atoms with Crippen LogP contribution in [0.3, 0.4) is 0 Å². The van der Waals surface area contributed by atoms with Gasteiger partial charge in [-0.05, 0) is 37.1 Å². The molecule has 0 saturated heterocycles. The molecule has 0 bridgehead atoms. The summed E-state index contributed by atoms with van der Waals surface area (Å²) in [7, 11) is 0. The predicted octanol–water partition coefficient (Wildman–Crippen LogP) is 4.66. The van der Waals surface area contributed by atoms with Gasteiger partial charge in [0.1, 0.15) is 12.2 Å². The molecule has 162 valence electrons. The van der Waals surface area contributed by atoms with Crippen LogP contribution >= 0.6 is 0 Å². The molecule has 3 aromatic rings. The number of carbonyl (C=O) groups is 1. The zero-order chi connectivity index (χ0) is 22.0. The molecule has 0 radical (unpaired) electrons. The molecule has 2 amide bonds. The minimum atomic E-state index is -4.48. The molecular weight excluding hydrogens is 411 g/mol. The third-order valence-electron chi connectivity index (χ3n) is 5.27. The molecule has 4 rings (SSSR count). The van der Waals surface area contributed by atoms with E-state index >= 15 is 0 Å². The van der Waals surface area contributed by atoms with Crippen molar-refractivity contribution >= 4 is 23.1 Å². The molecule has 0 spiro atoms. The van der Waals surface area contributed by atoms with Crippen molar-refractivity contribution in [2.75, 3.05) is 11.9 Å². The topological polar surface area (TPSA) is 91.0 Å². The lowest BCUT2D eigenvalue weighted by Gasteiger charge is -2.26. The first-order chi connectivity index (χ1) is 14.8. The number of alkyl halides is 3. The number of rotatable bonds is 5. The van der Waals surface area contributed by atoms with Crippen molar-refractivity contribution < 1.29 is 23.2 Å². The molecule has 2 aromatic heterocycles. The van der Waals surface area contributed by atoms with E-state index in [9.17, 15) is 23.2 Å². The van der Waals surface area contributed by atoms with Crippen LogP contribution in [0.2, 0.25) is 0 Å². The van der Waals surface area contributed by atoms with Gasteiger partial charge in [0, 0.05) is 28.9 Å². The second kappa shape index (κ2) is 8.29. The van der Waals surface area contributed by atoms with Gasteiger partial charge in [0.25, 0.3) is 0 Å². The molecule has 0 unspecified atom stereocenters. The van der Waals surface area contributed by atoms with Crippen molar-refractivity contribution in [2.24, 2.45) is 11.1 Å². The highest BCUT2D eigenvalue weighted by Crippen LogP contribution is 2.31. The Hall–Kier alpha value is -3.56. The predicted molar refractivity (Wildman–Crippen MR) is 109 cm³/mol. The Morgan fingerprint density at radius 3 is 2.74 bits per heavy atom. The fourth-order valence-corrected chi connectivity index (χ4v) is 3.52. The van der Waals surface area contributed by atoms with Crippen molar-refractivity contribution in [1.82, 2.24) is 14.7 Å². The maximum absolute atomic E-state index is 12.2. The van der Waals surface area contributed by atoms with Gasteiger partial charge in [-0.15, -0.1) is 0 Å². The molecule has 1 aliphatic carbocycles. The van der Waals surface area contributed by atoms with E-state index in [2.05, 4.69) is 15.5 Å². The summed E-state index contributed by atoms with van der Waals surface area (Å²) >= 11 is 0. The number of halogens is 3. The second-order valence-corrected chi connectivity index (χ2v) is 7.40. The molecule has 0 aliphatic heterocycles. The van der Waals surface area contributed by atoms with Gasteiger partial charge in [0.15, 0.2) is 0 Å². The van der Waals surface area contributed by atoms with Gasteiger partial charge in [0.2, 0.25) is 0 Å². The number of anilines is 1. The Balaban J connectivity index is 1.55. The quantitative estimate of drug-likeness (QED) is 0.312. The Kier molecular flexibility index (Phi) is 5.53. The van der Waals surface area contributed by atoms with Crippen LogP contribution in [0.1, 0.15) is 24.8 Å². The Bertz CT molecular complexity index is 1140. The van der Waals surface area contributed by atoms with Gasteiger partial charge < -0.3 is 15.8 Å². The van der Waals surface area contributed by atoms with Crippen molar-refractivity contribution in [3.8, 4) is 11.3 Å². The number of nitrogens with one attached hydrogen (secondary N) is 2. The highest BCUT2D eigenvalue weighted by molar-refractivity contribution is 6.03. The van der Waals surface area contributed by atoms with Crippen molar-refractivity contribution in [3.63, 3.8) is 0 Å². The first kappa shape index (κ1) is 20.7. The lowest BCUT2D eigenvalue weighted by Crippen LogP contribution is -2.36. The first-order valence-corrected chi connectivity index (χ1v) is 9.75. The van der Waals surface area contributed by atoms with Crippen LogP contribution in [-0.4, -0.2) is 39.1 Å². The normalized spacial score (nSPS) is 15.0. The van der Waals surface area contributed by atoms with Gasteiger partial charge in [-0.3, -0.25) is 4.40 Å². The zero-order valence-electron chi connectivity index (χ0n) is 16.4. The molecule has 7 nitrogen and oxygen atoms in total. The molecule has 1 aliphatic rings. The van der Waals surface area contributed by atoms with Gasteiger partial charge >= 0.3 is 12.2 Å². The van der Waals surface area contributed by atoms with E-state index in [0.29, 0.717) is 17.0 Å².